The van der Waals surface area contributed by atoms with Crippen LogP contribution in [0, 0.1) is 6.92 Å². The summed E-state index contributed by atoms with van der Waals surface area (Å²) in [6.07, 6.45) is 5.94. The van der Waals surface area contributed by atoms with Gasteiger partial charge in [-0.15, -0.1) is 0 Å². The van der Waals surface area contributed by atoms with Crippen LogP contribution >= 0.6 is 0 Å². The molecule has 3 rings (SSSR count). The highest BCUT2D eigenvalue weighted by molar-refractivity contribution is 5.43. The Hall–Kier alpha value is -1.77. The molecule has 3 nitrogen and oxygen atoms in total. The molecule has 1 heterocycles. The summed E-state index contributed by atoms with van der Waals surface area (Å²) in [6.45, 7) is 2.03. The van der Waals surface area contributed by atoms with Gasteiger partial charge in [0.05, 0.1) is 5.69 Å². The Kier molecular flexibility index (Phi) is 2.59. The fraction of sp³-hybridized carbons (Fsp3) is 0.357. The number of nitrogens with zero attached hydrogens (tertiary/aromatic N) is 2. The fourth-order valence-electron chi connectivity index (χ4n) is 2.12. The largest absolute Gasteiger partial charge is 0.353 e. The zero-order valence-corrected chi connectivity index (χ0v) is 10.1. The van der Waals surface area contributed by atoms with Crippen molar-refractivity contribution in [3.05, 3.63) is 42.2 Å². The van der Waals surface area contributed by atoms with Crippen molar-refractivity contribution in [3.8, 4) is 5.69 Å². The molecule has 1 aromatic heterocycles. The summed E-state index contributed by atoms with van der Waals surface area (Å²) in [5.41, 5.74) is 2.21. The van der Waals surface area contributed by atoms with Gasteiger partial charge in [-0.05, 0) is 38.3 Å². The first kappa shape index (κ1) is 10.4. The van der Waals surface area contributed by atoms with Crippen LogP contribution in [-0.4, -0.2) is 15.6 Å². The van der Waals surface area contributed by atoms with Gasteiger partial charge in [-0.1, -0.05) is 18.2 Å². The number of imidazole rings is 1. The molecular formula is C14H17N3. The molecule has 1 N–H and O–H groups in total. The third-order valence-corrected chi connectivity index (χ3v) is 3.30. The number of nitrogens with one attached hydrogen (secondary N) is 1. The van der Waals surface area contributed by atoms with Crippen LogP contribution in [0.3, 0.4) is 0 Å². The van der Waals surface area contributed by atoms with Crippen molar-refractivity contribution in [1.29, 1.82) is 0 Å². The minimum absolute atomic E-state index is 0.610. The van der Waals surface area contributed by atoms with Crippen molar-refractivity contribution < 1.29 is 0 Å². The minimum Gasteiger partial charge on any atom is -0.353 e. The number of hydrogen-bond acceptors (Lipinski definition) is 2. The molecule has 17 heavy (non-hydrogen) atoms. The van der Waals surface area contributed by atoms with Crippen molar-refractivity contribution in [2.24, 2.45) is 0 Å². The van der Waals surface area contributed by atoms with Gasteiger partial charge in [0, 0.05) is 17.9 Å². The molecule has 0 saturated heterocycles. The van der Waals surface area contributed by atoms with Gasteiger partial charge in [0.15, 0.2) is 0 Å². The second-order valence-corrected chi connectivity index (χ2v) is 4.68. The van der Waals surface area contributed by atoms with Gasteiger partial charge in [-0.25, -0.2) is 4.98 Å². The second kappa shape index (κ2) is 4.24. The molecule has 0 unspecified atom stereocenters. The summed E-state index contributed by atoms with van der Waals surface area (Å²) in [7, 11) is 0. The van der Waals surface area contributed by atoms with Crippen molar-refractivity contribution in [2.45, 2.75) is 32.2 Å². The van der Waals surface area contributed by atoms with Crippen LogP contribution in [0.4, 0.5) is 5.95 Å². The highest BCUT2D eigenvalue weighted by Crippen LogP contribution is 2.24. The Bertz CT molecular complexity index is 497. The predicted octanol–water partition coefficient (Wildman–Crippen LogP) is 3.15. The van der Waals surface area contributed by atoms with Gasteiger partial charge in [0.25, 0.3) is 0 Å². The van der Waals surface area contributed by atoms with E-state index in [1.165, 1.54) is 19.3 Å². The molecular weight excluding hydrogens is 210 g/mol. The van der Waals surface area contributed by atoms with E-state index in [-0.39, 0.29) is 0 Å². The maximum Gasteiger partial charge on any atom is 0.207 e. The lowest BCUT2D eigenvalue weighted by atomic mass is 9.93. The lowest BCUT2D eigenvalue weighted by Gasteiger charge is -2.27. The smallest absolute Gasteiger partial charge is 0.207 e. The minimum atomic E-state index is 0.610. The molecule has 0 aliphatic heterocycles. The van der Waals surface area contributed by atoms with Crippen LogP contribution in [0.2, 0.25) is 0 Å². The van der Waals surface area contributed by atoms with E-state index in [4.69, 9.17) is 0 Å². The second-order valence-electron chi connectivity index (χ2n) is 4.68. The standard InChI is InChI=1S/C14H17N3/c1-11-10-17(13-8-3-2-4-9-13)14(15-11)16-12-6-5-7-12/h2-4,8-10,12H,5-7H2,1H3,(H,15,16). The number of aryl methyl sites for hydroxylation is 1. The van der Waals surface area contributed by atoms with E-state index in [0.717, 1.165) is 17.3 Å². The highest BCUT2D eigenvalue weighted by atomic mass is 15.2. The third-order valence-electron chi connectivity index (χ3n) is 3.30. The highest BCUT2D eigenvalue weighted by Gasteiger charge is 2.19. The summed E-state index contributed by atoms with van der Waals surface area (Å²) in [6, 6.07) is 11.0. The van der Waals surface area contributed by atoms with E-state index in [0.29, 0.717) is 6.04 Å². The number of para-hydroxylation sites is 1. The summed E-state index contributed by atoms with van der Waals surface area (Å²) in [5, 5.41) is 3.52. The van der Waals surface area contributed by atoms with Crippen LogP contribution in [0.25, 0.3) is 5.69 Å². The SMILES string of the molecule is Cc1cn(-c2ccccc2)c(NC2CCC2)n1. The van der Waals surface area contributed by atoms with Crippen molar-refractivity contribution in [2.75, 3.05) is 5.32 Å². The van der Waals surface area contributed by atoms with Gasteiger partial charge in [-0.3, -0.25) is 4.57 Å². The summed E-state index contributed by atoms with van der Waals surface area (Å²) >= 11 is 0. The molecule has 1 fully saturated rings. The molecule has 1 aliphatic rings. The first-order chi connectivity index (χ1) is 8.33. The Balaban J connectivity index is 1.92. The van der Waals surface area contributed by atoms with E-state index in [1.807, 2.05) is 13.0 Å². The van der Waals surface area contributed by atoms with Crippen LogP contribution in [0.15, 0.2) is 36.5 Å². The summed E-state index contributed by atoms with van der Waals surface area (Å²) in [4.78, 5) is 4.56. The summed E-state index contributed by atoms with van der Waals surface area (Å²) in [5.74, 6) is 0.971. The molecule has 1 saturated carbocycles. The Morgan fingerprint density at radius 1 is 1.24 bits per heavy atom. The number of hydrogen-bond donors (Lipinski definition) is 1. The Morgan fingerprint density at radius 3 is 2.65 bits per heavy atom. The van der Waals surface area contributed by atoms with Crippen LogP contribution in [0.1, 0.15) is 25.0 Å². The molecule has 0 atom stereocenters. The van der Waals surface area contributed by atoms with Crippen LogP contribution < -0.4 is 5.32 Å². The third kappa shape index (κ3) is 2.05. The topological polar surface area (TPSA) is 29.9 Å². The fourth-order valence-corrected chi connectivity index (χ4v) is 2.12. The molecule has 0 spiro atoms. The van der Waals surface area contributed by atoms with Gasteiger partial charge < -0.3 is 5.32 Å². The van der Waals surface area contributed by atoms with E-state index < -0.39 is 0 Å². The molecule has 88 valence electrons. The number of anilines is 1. The summed E-state index contributed by atoms with van der Waals surface area (Å²) < 4.78 is 2.13. The Labute approximate surface area is 101 Å². The molecule has 0 radical (unpaired) electrons. The van der Waals surface area contributed by atoms with Crippen LogP contribution in [-0.2, 0) is 0 Å². The number of rotatable bonds is 3. The average Bonchev–Trinajstić information content (AvgIpc) is 2.66. The van der Waals surface area contributed by atoms with E-state index in [1.54, 1.807) is 0 Å². The maximum absolute atomic E-state index is 4.56. The predicted molar refractivity (Wildman–Crippen MR) is 69.6 cm³/mol. The first-order valence-electron chi connectivity index (χ1n) is 6.21. The molecule has 0 bridgehead atoms. The van der Waals surface area contributed by atoms with Gasteiger partial charge in [0.2, 0.25) is 5.95 Å². The molecule has 1 aliphatic carbocycles. The molecule has 2 aromatic rings. The molecule has 0 amide bonds. The van der Waals surface area contributed by atoms with Crippen molar-refractivity contribution in [1.82, 2.24) is 9.55 Å². The molecule has 1 aromatic carbocycles. The van der Waals surface area contributed by atoms with Crippen molar-refractivity contribution in [3.63, 3.8) is 0 Å². The van der Waals surface area contributed by atoms with E-state index in [2.05, 4.69) is 45.3 Å². The van der Waals surface area contributed by atoms with Crippen molar-refractivity contribution >= 4 is 5.95 Å². The van der Waals surface area contributed by atoms with E-state index >= 15 is 0 Å². The van der Waals surface area contributed by atoms with Crippen LogP contribution in [0.5, 0.6) is 0 Å². The number of benzene rings is 1. The maximum atomic E-state index is 4.56. The zero-order chi connectivity index (χ0) is 11.7. The zero-order valence-electron chi connectivity index (χ0n) is 10.1. The Morgan fingerprint density at radius 2 is 2.00 bits per heavy atom. The van der Waals surface area contributed by atoms with Gasteiger partial charge in [0.1, 0.15) is 0 Å². The monoisotopic (exact) mass is 227 g/mol. The molecule has 3 heteroatoms. The van der Waals surface area contributed by atoms with Gasteiger partial charge in [-0.2, -0.15) is 0 Å². The lowest BCUT2D eigenvalue weighted by molar-refractivity contribution is 0.442. The van der Waals surface area contributed by atoms with E-state index in [9.17, 15) is 0 Å². The normalized spacial score (nSPS) is 15.6. The van der Waals surface area contributed by atoms with Gasteiger partial charge >= 0.3 is 0 Å². The first-order valence-corrected chi connectivity index (χ1v) is 6.21. The average molecular weight is 227 g/mol. The number of aromatic nitrogens is 2. The quantitative estimate of drug-likeness (QED) is 0.873. The lowest BCUT2D eigenvalue weighted by Crippen LogP contribution is -2.28.